The lowest BCUT2D eigenvalue weighted by Crippen LogP contribution is -2.11. The fourth-order valence-corrected chi connectivity index (χ4v) is 0.355. The van der Waals surface area contributed by atoms with E-state index in [1.54, 1.807) is 12.5 Å². The summed E-state index contributed by atoms with van der Waals surface area (Å²) in [6.45, 7) is 1.25. The second-order valence-corrected chi connectivity index (χ2v) is 1.79. The molecule has 0 saturated carbocycles. The highest BCUT2D eigenvalue weighted by molar-refractivity contribution is 5.62. The van der Waals surface area contributed by atoms with E-state index in [1.807, 2.05) is 12.1 Å². The number of rotatable bonds is 1. The monoisotopic (exact) mass is 171 g/mol. The Morgan fingerprint density at radius 3 is 2.08 bits per heavy atom. The molecular weight excluding hydrogens is 160 g/mol. The van der Waals surface area contributed by atoms with Crippen LogP contribution in [0.3, 0.4) is 0 Å². The molecule has 0 spiro atoms. The molecule has 0 atom stereocenters. The van der Waals surface area contributed by atoms with Crippen molar-refractivity contribution in [2.45, 2.75) is 6.92 Å². The van der Waals surface area contributed by atoms with Crippen molar-refractivity contribution in [2.24, 2.45) is 0 Å². The van der Waals surface area contributed by atoms with Crippen LogP contribution in [0.15, 0.2) is 29.1 Å². The molecule has 0 fully saturated rings. The van der Waals surface area contributed by atoms with Crippen molar-refractivity contribution in [3.05, 3.63) is 24.7 Å². The molecule has 0 bridgehead atoms. The average molecular weight is 171 g/mol. The number of furan rings is 1. The van der Waals surface area contributed by atoms with Gasteiger partial charge in [0.2, 0.25) is 0 Å². The predicted octanol–water partition coefficient (Wildman–Crippen LogP) is 1.42. The van der Waals surface area contributed by atoms with Crippen molar-refractivity contribution >= 4 is 5.91 Å². The van der Waals surface area contributed by atoms with E-state index in [-0.39, 0.29) is 0 Å². The molecule has 1 aromatic heterocycles. The number of carbonyl (C=O) groups is 1. The normalized spacial score (nSPS) is 7.83. The molecule has 0 unspecified atom stereocenters. The second-order valence-electron chi connectivity index (χ2n) is 1.79. The fraction of sp³-hybridized carbons (Fsp3) is 0.286. The summed E-state index contributed by atoms with van der Waals surface area (Å²) in [4.78, 5) is 14.6. The van der Waals surface area contributed by atoms with Gasteiger partial charge in [0, 0.05) is 5.53 Å². The molecule has 1 aromatic rings. The van der Waals surface area contributed by atoms with Gasteiger partial charge in [-0.3, -0.25) is 0 Å². The quantitative estimate of drug-likeness (QED) is 0.394. The van der Waals surface area contributed by atoms with Crippen molar-refractivity contribution in [1.82, 2.24) is 0 Å². The lowest BCUT2D eigenvalue weighted by Gasteiger charge is -1.79. The molecule has 1 heterocycles. The highest BCUT2D eigenvalue weighted by Gasteiger charge is 2.08. The van der Waals surface area contributed by atoms with Gasteiger partial charge in [0.05, 0.1) is 19.5 Å². The van der Waals surface area contributed by atoms with Gasteiger partial charge < -0.3 is 4.42 Å². The standard InChI is InChI=1S/C4H4O.C3H7N2O2/c1-2-4-5-3-1;1-3(6)5(4)7-2/h1-4H;4H,1-2H3/q;+1. The fourth-order valence-electron chi connectivity index (χ4n) is 0.355. The van der Waals surface area contributed by atoms with Gasteiger partial charge in [-0.1, -0.05) is 0 Å². The largest absolute Gasteiger partial charge is 0.473 e. The Morgan fingerprint density at radius 2 is 2.00 bits per heavy atom. The third-order valence-electron chi connectivity index (χ3n) is 0.894. The lowest BCUT2D eigenvalue weighted by atomic mass is 10.7. The predicted molar refractivity (Wildman–Crippen MR) is 39.4 cm³/mol. The minimum Gasteiger partial charge on any atom is -0.473 e. The first-order valence-electron chi connectivity index (χ1n) is 3.21. The van der Waals surface area contributed by atoms with Crippen molar-refractivity contribution in [3.8, 4) is 0 Å². The molecule has 0 radical (unpaired) electrons. The van der Waals surface area contributed by atoms with Crippen molar-refractivity contribution < 1.29 is 18.9 Å². The molecule has 0 aromatic carbocycles. The van der Waals surface area contributed by atoms with E-state index in [0.717, 1.165) is 0 Å². The first-order valence-corrected chi connectivity index (χ1v) is 3.21. The van der Waals surface area contributed by atoms with Crippen LogP contribution in [0.25, 0.3) is 0 Å². The van der Waals surface area contributed by atoms with E-state index in [2.05, 4.69) is 9.25 Å². The zero-order valence-corrected chi connectivity index (χ0v) is 6.98. The Hall–Kier alpha value is -1.65. The van der Waals surface area contributed by atoms with Crippen LogP contribution in [0.1, 0.15) is 6.92 Å². The van der Waals surface area contributed by atoms with Crippen LogP contribution in [0.2, 0.25) is 0 Å². The molecular formula is C7H11N2O3+. The van der Waals surface area contributed by atoms with Gasteiger partial charge in [-0.2, -0.15) is 0 Å². The maximum atomic E-state index is 9.99. The molecule has 0 aliphatic carbocycles. The van der Waals surface area contributed by atoms with Crippen LogP contribution in [0.5, 0.6) is 0 Å². The summed E-state index contributed by atoms with van der Waals surface area (Å²) in [7, 11) is 1.26. The number of hydrogen-bond acceptors (Lipinski definition) is 4. The van der Waals surface area contributed by atoms with E-state index < -0.39 is 5.91 Å². The van der Waals surface area contributed by atoms with Gasteiger partial charge in [0.1, 0.15) is 0 Å². The van der Waals surface area contributed by atoms with Gasteiger partial charge in [-0.15, -0.1) is 0 Å². The molecule has 1 N–H and O–H groups in total. The molecule has 1 amide bonds. The van der Waals surface area contributed by atoms with E-state index in [0.29, 0.717) is 4.86 Å². The third kappa shape index (κ3) is 5.16. The van der Waals surface area contributed by atoms with Gasteiger partial charge in [0.15, 0.2) is 12.0 Å². The maximum Gasteiger partial charge on any atom is 0.459 e. The number of hydroxylamine groups is 1. The van der Waals surface area contributed by atoms with Crippen LogP contribution in [0.4, 0.5) is 0 Å². The van der Waals surface area contributed by atoms with Crippen molar-refractivity contribution in [3.63, 3.8) is 0 Å². The average Bonchev–Trinajstić information content (AvgIpc) is 2.59. The van der Waals surface area contributed by atoms with Crippen LogP contribution in [-0.4, -0.2) is 17.9 Å². The van der Waals surface area contributed by atoms with E-state index >= 15 is 0 Å². The topological polar surface area (TPSA) is 66.3 Å². The highest BCUT2D eigenvalue weighted by Crippen LogP contribution is 1.79. The number of nitrogens with one attached hydrogen (secondary N) is 1. The molecule has 5 nitrogen and oxygen atoms in total. The molecule has 66 valence electrons. The molecule has 5 heteroatoms. The zero-order chi connectivity index (χ0) is 9.40. The maximum absolute atomic E-state index is 9.99. The minimum atomic E-state index is -0.428. The van der Waals surface area contributed by atoms with Gasteiger partial charge in [-0.25, -0.2) is 9.63 Å². The summed E-state index contributed by atoms with van der Waals surface area (Å²) in [5.74, 6) is -0.428. The number of amides is 1. The first kappa shape index (κ1) is 10.3. The summed E-state index contributed by atoms with van der Waals surface area (Å²) in [6.07, 6.45) is 3.25. The summed E-state index contributed by atoms with van der Waals surface area (Å²) < 4.78 is 4.58. The Balaban J connectivity index is 0.000000211. The Morgan fingerprint density at radius 1 is 1.50 bits per heavy atom. The molecule has 0 aliphatic heterocycles. The van der Waals surface area contributed by atoms with Crippen LogP contribution in [0, 0.1) is 5.53 Å². The Bertz CT molecular complexity index is 214. The van der Waals surface area contributed by atoms with Crippen molar-refractivity contribution in [2.75, 3.05) is 7.11 Å². The molecule has 12 heavy (non-hydrogen) atoms. The first-order chi connectivity index (χ1) is 5.68. The van der Waals surface area contributed by atoms with Gasteiger partial charge in [0.25, 0.3) is 0 Å². The van der Waals surface area contributed by atoms with Crippen LogP contribution >= 0.6 is 0 Å². The highest BCUT2D eigenvalue weighted by atomic mass is 16.7. The van der Waals surface area contributed by atoms with Gasteiger partial charge >= 0.3 is 5.91 Å². The second kappa shape index (κ2) is 6.09. The van der Waals surface area contributed by atoms with E-state index in [4.69, 9.17) is 5.53 Å². The van der Waals surface area contributed by atoms with Crippen LogP contribution < -0.4 is 0 Å². The van der Waals surface area contributed by atoms with E-state index in [1.165, 1.54) is 14.0 Å². The Labute approximate surface area is 70.0 Å². The summed E-state index contributed by atoms with van der Waals surface area (Å²) in [5, 5.41) is 0. The summed E-state index contributed by atoms with van der Waals surface area (Å²) in [5.41, 5.74) is 6.54. The van der Waals surface area contributed by atoms with Crippen LogP contribution in [-0.2, 0) is 9.63 Å². The Kier molecular flexibility index (Phi) is 5.25. The smallest absolute Gasteiger partial charge is 0.459 e. The molecule has 0 aliphatic rings. The van der Waals surface area contributed by atoms with Crippen molar-refractivity contribution in [1.29, 1.82) is 5.53 Å². The molecule has 0 saturated heterocycles. The van der Waals surface area contributed by atoms with E-state index in [9.17, 15) is 4.79 Å². The molecule has 1 rings (SSSR count). The minimum absolute atomic E-state index is 0.403. The third-order valence-corrected chi connectivity index (χ3v) is 0.894. The summed E-state index contributed by atoms with van der Waals surface area (Å²) in [6, 6.07) is 3.67. The SMILES string of the molecule is CO[N+](=N)C(C)=O.c1ccoc1. The lowest BCUT2D eigenvalue weighted by molar-refractivity contribution is -0.776. The van der Waals surface area contributed by atoms with Gasteiger partial charge in [-0.05, 0) is 12.1 Å². The number of hydrogen-bond donors (Lipinski definition) is 1. The zero-order valence-electron chi connectivity index (χ0n) is 6.98. The number of carbonyl (C=O) groups excluding carboxylic acids is 1. The number of nitrogens with zero attached hydrogens (tertiary/aromatic N) is 1. The summed E-state index contributed by atoms with van der Waals surface area (Å²) >= 11 is 0.